The maximum absolute atomic E-state index is 6.06. The minimum Gasteiger partial charge on any atom is -0.493 e. The molecule has 0 fully saturated rings. The topological polar surface area (TPSA) is 53.7 Å². The molecule has 110 valence electrons. The van der Waals surface area contributed by atoms with Crippen molar-refractivity contribution in [3.63, 3.8) is 0 Å². The average molecular weight is 277 g/mol. The number of ether oxygens (including phenoxy) is 3. The molecule has 4 nitrogen and oxygen atoms in total. The Morgan fingerprint density at radius 3 is 2.40 bits per heavy atom. The third-order valence-electron chi connectivity index (χ3n) is 3.43. The highest BCUT2D eigenvalue weighted by Crippen LogP contribution is 2.40. The number of rotatable bonds is 6. The summed E-state index contributed by atoms with van der Waals surface area (Å²) in [6.07, 6.45) is 8.45. The van der Waals surface area contributed by atoms with E-state index in [1.54, 1.807) is 14.2 Å². The van der Waals surface area contributed by atoms with E-state index in [1.807, 2.05) is 12.1 Å². The predicted molar refractivity (Wildman–Crippen MR) is 79.7 cm³/mol. The highest BCUT2D eigenvalue weighted by Gasteiger charge is 2.18. The highest BCUT2D eigenvalue weighted by atomic mass is 16.5. The fourth-order valence-corrected chi connectivity index (χ4v) is 2.39. The zero-order valence-electron chi connectivity index (χ0n) is 12.2. The van der Waals surface area contributed by atoms with Crippen LogP contribution in [0.3, 0.4) is 0 Å². The fraction of sp³-hybridized carbons (Fsp3) is 0.500. The van der Waals surface area contributed by atoms with Crippen LogP contribution in [0.2, 0.25) is 0 Å². The summed E-state index contributed by atoms with van der Waals surface area (Å²) in [4.78, 5) is 0. The van der Waals surface area contributed by atoms with E-state index in [4.69, 9.17) is 19.9 Å². The molecule has 1 atom stereocenters. The third-order valence-corrected chi connectivity index (χ3v) is 3.43. The second-order valence-electron chi connectivity index (χ2n) is 4.88. The maximum Gasteiger partial charge on any atom is 0.204 e. The van der Waals surface area contributed by atoms with E-state index in [9.17, 15) is 0 Å². The Kier molecular flexibility index (Phi) is 5.30. The van der Waals surface area contributed by atoms with Crippen molar-refractivity contribution in [1.29, 1.82) is 0 Å². The lowest BCUT2D eigenvalue weighted by molar-refractivity contribution is 0.209. The first kappa shape index (κ1) is 14.7. The normalized spacial score (nSPS) is 17.9. The zero-order chi connectivity index (χ0) is 14.4. The molecule has 0 radical (unpaired) electrons. The molecule has 1 unspecified atom stereocenters. The molecule has 2 N–H and O–H groups in total. The quantitative estimate of drug-likeness (QED) is 0.812. The fourth-order valence-electron chi connectivity index (χ4n) is 2.39. The van der Waals surface area contributed by atoms with Crippen molar-refractivity contribution in [2.24, 2.45) is 5.73 Å². The van der Waals surface area contributed by atoms with Gasteiger partial charge in [-0.15, -0.1) is 0 Å². The monoisotopic (exact) mass is 277 g/mol. The van der Waals surface area contributed by atoms with Crippen molar-refractivity contribution < 1.29 is 14.2 Å². The molecule has 0 spiro atoms. The smallest absolute Gasteiger partial charge is 0.204 e. The minimum absolute atomic E-state index is 0.0897. The average Bonchev–Trinajstić information content (AvgIpc) is 2.49. The van der Waals surface area contributed by atoms with Crippen LogP contribution in [0.4, 0.5) is 0 Å². The van der Waals surface area contributed by atoms with Gasteiger partial charge in [0.2, 0.25) is 5.75 Å². The molecule has 2 rings (SSSR count). The van der Waals surface area contributed by atoms with Crippen molar-refractivity contribution in [1.82, 2.24) is 0 Å². The lowest BCUT2D eigenvalue weighted by atomic mass is 10.1. The van der Waals surface area contributed by atoms with Crippen LogP contribution >= 0.6 is 0 Å². The van der Waals surface area contributed by atoms with Crippen molar-refractivity contribution in [2.45, 2.75) is 31.8 Å². The number of hydrogen-bond donors (Lipinski definition) is 1. The Labute approximate surface area is 120 Å². The summed E-state index contributed by atoms with van der Waals surface area (Å²) in [5, 5.41) is 0. The van der Waals surface area contributed by atoms with Crippen LogP contribution in [0.1, 0.15) is 24.8 Å². The van der Waals surface area contributed by atoms with Gasteiger partial charge in [-0.2, -0.15) is 0 Å². The van der Waals surface area contributed by atoms with E-state index < -0.39 is 0 Å². The minimum atomic E-state index is 0.0897. The summed E-state index contributed by atoms with van der Waals surface area (Å²) in [6, 6.07) is 3.94. The Morgan fingerprint density at radius 2 is 1.90 bits per heavy atom. The molecule has 4 heteroatoms. The van der Waals surface area contributed by atoms with Crippen LogP contribution in [-0.4, -0.2) is 26.9 Å². The van der Waals surface area contributed by atoms with Crippen molar-refractivity contribution in [3.8, 4) is 17.2 Å². The van der Waals surface area contributed by atoms with Gasteiger partial charge in [0.25, 0.3) is 0 Å². The molecule has 20 heavy (non-hydrogen) atoms. The SMILES string of the molecule is COc1cc(CCN)cc(OC)c1OC1C=CCCC1. The number of benzene rings is 1. The maximum atomic E-state index is 6.06. The molecular weight excluding hydrogens is 254 g/mol. The van der Waals surface area contributed by atoms with Crippen molar-refractivity contribution in [3.05, 3.63) is 29.8 Å². The van der Waals surface area contributed by atoms with Crippen molar-refractivity contribution in [2.75, 3.05) is 20.8 Å². The molecule has 0 aromatic heterocycles. The number of nitrogens with two attached hydrogens (primary N) is 1. The van der Waals surface area contributed by atoms with Gasteiger partial charge in [0, 0.05) is 0 Å². The molecule has 1 aromatic rings. The lowest BCUT2D eigenvalue weighted by Crippen LogP contribution is -2.16. The molecule has 1 aromatic carbocycles. The molecule has 0 amide bonds. The first-order valence-corrected chi connectivity index (χ1v) is 7.06. The van der Waals surface area contributed by atoms with Crippen LogP contribution < -0.4 is 19.9 Å². The molecule has 0 aliphatic heterocycles. The molecule has 1 aliphatic carbocycles. The second kappa shape index (κ2) is 7.20. The van der Waals surface area contributed by atoms with Crippen LogP contribution in [0, 0.1) is 0 Å². The van der Waals surface area contributed by atoms with Gasteiger partial charge in [-0.1, -0.05) is 6.08 Å². The van der Waals surface area contributed by atoms with Gasteiger partial charge in [0.1, 0.15) is 6.10 Å². The van der Waals surface area contributed by atoms with Gasteiger partial charge < -0.3 is 19.9 Å². The van der Waals surface area contributed by atoms with E-state index in [2.05, 4.69) is 12.2 Å². The number of allylic oxidation sites excluding steroid dienone is 1. The van der Waals surface area contributed by atoms with Gasteiger partial charge >= 0.3 is 0 Å². The first-order valence-electron chi connectivity index (χ1n) is 7.06. The Hall–Kier alpha value is -1.68. The summed E-state index contributed by atoms with van der Waals surface area (Å²) in [5.74, 6) is 2.07. The summed E-state index contributed by atoms with van der Waals surface area (Å²) in [5.41, 5.74) is 6.70. The van der Waals surface area contributed by atoms with Crippen LogP contribution in [0.25, 0.3) is 0 Å². The van der Waals surface area contributed by atoms with Gasteiger partial charge in [0.15, 0.2) is 11.5 Å². The van der Waals surface area contributed by atoms with E-state index in [1.165, 1.54) is 0 Å². The molecule has 0 saturated carbocycles. The summed E-state index contributed by atoms with van der Waals surface area (Å²) >= 11 is 0. The molecular formula is C16H23NO3. The van der Waals surface area contributed by atoms with Crippen molar-refractivity contribution >= 4 is 0 Å². The first-order chi connectivity index (χ1) is 9.78. The van der Waals surface area contributed by atoms with Gasteiger partial charge in [-0.25, -0.2) is 0 Å². The second-order valence-corrected chi connectivity index (χ2v) is 4.88. The lowest BCUT2D eigenvalue weighted by Gasteiger charge is -2.22. The predicted octanol–water partition coefficient (Wildman–Crippen LogP) is 2.69. The van der Waals surface area contributed by atoms with Crippen LogP contribution in [-0.2, 0) is 6.42 Å². The van der Waals surface area contributed by atoms with Gasteiger partial charge in [0.05, 0.1) is 14.2 Å². The Morgan fingerprint density at radius 1 is 1.20 bits per heavy atom. The summed E-state index contributed by atoms with van der Waals surface area (Å²) < 4.78 is 17.0. The van der Waals surface area contributed by atoms with Crippen LogP contribution in [0.5, 0.6) is 17.2 Å². The zero-order valence-corrected chi connectivity index (χ0v) is 12.2. The molecule has 0 bridgehead atoms. The molecule has 0 heterocycles. The standard InChI is InChI=1S/C16H23NO3/c1-18-14-10-12(8-9-17)11-15(19-2)16(14)20-13-6-4-3-5-7-13/h4,6,10-11,13H,3,5,7-9,17H2,1-2H3. The number of hydrogen-bond acceptors (Lipinski definition) is 4. The highest BCUT2D eigenvalue weighted by molar-refractivity contribution is 5.54. The van der Waals surface area contributed by atoms with Gasteiger partial charge in [-0.3, -0.25) is 0 Å². The summed E-state index contributed by atoms with van der Waals surface area (Å²) in [6.45, 7) is 0.595. The third kappa shape index (κ3) is 3.45. The largest absolute Gasteiger partial charge is 0.493 e. The van der Waals surface area contributed by atoms with Gasteiger partial charge in [-0.05, 0) is 56.0 Å². The Balaban J connectivity index is 2.29. The summed E-state index contributed by atoms with van der Waals surface area (Å²) in [7, 11) is 3.29. The molecule has 1 aliphatic rings. The molecule has 0 saturated heterocycles. The van der Waals surface area contributed by atoms with E-state index in [0.717, 1.165) is 31.2 Å². The van der Waals surface area contributed by atoms with E-state index >= 15 is 0 Å². The van der Waals surface area contributed by atoms with E-state index in [-0.39, 0.29) is 6.10 Å². The number of methoxy groups -OCH3 is 2. The van der Waals surface area contributed by atoms with Crippen LogP contribution in [0.15, 0.2) is 24.3 Å². The van der Waals surface area contributed by atoms with E-state index in [0.29, 0.717) is 23.8 Å². The Bertz CT molecular complexity index is 446.